The molecule has 3 aromatic carbocycles. The molecule has 1 aliphatic rings. The maximum atomic E-state index is 11.3. The highest BCUT2D eigenvalue weighted by molar-refractivity contribution is 5.72. The number of pyridine rings is 1. The van der Waals surface area contributed by atoms with E-state index in [1.807, 2.05) is 72.8 Å². The lowest BCUT2D eigenvalue weighted by atomic mass is 9.96. The number of carboxylic acid groups (broad SMARTS) is 1. The smallest absolute Gasteiger partial charge is 0.306 e. The number of hydrogen-bond donors (Lipinski definition) is 1. The summed E-state index contributed by atoms with van der Waals surface area (Å²) in [5, 5.41) is 9.27. The third kappa shape index (κ3) is 6.28. The van der Waals surface area contributed by atoms with Crippen molar-refractivity contribution in [3.05, 3.63) is 108 Å². The van der Waals surface area contributed by atoms with E-state index in [9.17, 15) is 9.90 Å². The zero-order valence-corrected chi connectivity index (χ0v) is 20.6. The van der Waals surface area contributed by atoms with Crippen molar-refractivity contribution in [1.82, 2.24) is 4.98 Å². The normalized spacial score (nSPS) is 13.8. The fraction of sp³-hybridized carbons (Fsp3) is 0.226. The van der Waals surface area contributed by atoms with Gasteiger partial charge in [-0.3, -0.25) is 4.79 Å². The molecule has 6 nitrogen and oxygen atoms in total. The molecule has 4 aromatic rings. The van der Waals surface area contributed by atoms with Crippen LogP contribution in [-0.2, 0) is 18.0 Å². The Morgan fingerprint density at radius 2 is 1.38 bits per heavy atom. The van der Waals surface area contributed by atoms with Crippen LogP contribution in [0.1, 0.15) is 24.0 Å². The Bertz CT molecular complexity index is 1300. The number of rotatable bonds is 9. The first-order chi connectivity index (χ1) is 18.2. The van der Waals surface area contributed by atoms with E-state index in [-0.39, 0.29) is 5.92 Å². The lowest BCUT2D eigenvalue weighted by molar-refractivity contribution is -0.142. The summed E-state index contributed by atoms with van der Waals surface area (Å²) < 4.78 is 12.2. The highest BCUT2D eigenvalue weighted by Gasteiger charge is 2.24. The van der Waals surface area contributed by atoms with E-state index in [0.29, 0.717) is 37.8 Å². The second kappa shape index (κ2) is 11.6. The maximum Gasteiger partial charge on any atom is 0.306 e. The van der Waals surface area contributed by atoms with Crippen LogP contribution in [0.5, 0.6) is 11.8 Å². The second-order valence-electron chi connectivity index (χ2n) is 9.20. The number of benzene rings is 3. The van der Waals surface area contributed by atoms with Crippen molar-refractivity contribution in [3.63, 3.8) is 0 Å². The van der Waals surface area contributed by atoms with E-state index in [4.69, 9.17) is 14.5 Å². The first-order valence-corrected chi connectivity index (χ1v) is 12.6. The zero-order chi connectivity index (χ0) is 25.5. The molecule has 0 bridgehead atoms. The van der Waals surface area contributed by atoms with Crippen LogP contribution < -0.4 is 14.4 Å². The molecule has 0 amide bonds. The summed E-state index contributed by atoms with van der Waals surface area (Å²) in [5.74, 6) is 0.0910. The largest absolute Gasteiger partial charge is 0.481 e. The quantitative estimate of drug-likeness (QED) is 0.298. The van der Waals surface area contributed by atoms with Crippen LogP contribution >= 0.6 is 0 Å². The highest BCUT2D eigenvalue weighted by atomic mass is 16.5. The van der Waals surface area contributed by atoms with Gasteiger partial charge in [0, 0.05) is 30.4 Å². The van der Waals surface area contributed by atoms with Crippen LogP contribution in [0.25, 0.3) is 11.1 Å². The predicted molar refractivity (Wildman–Crippen MR) is 144 cm³/mol. The van der Waals surface area contributed by atoms with Gasteiger partial charge in [-0.15, -0.1) is 0 Å². The predicted octanol–water partition coefficient (Wildman–Crippen LogP) is 6.21. The zero-order valence-electron chi connectivity index (χ0n) is 20.6. The fourth-order valence-corrected chi connectivity index (χ4v) is 4.53. The summed E-state index contributed by atoms with van der Waals surface area (Å²) in [4.78, 5) is 18.2. The van der Waals surface area contributed by atoms with Crippen LogP contribution in [0.3, 0.4) is 0 Å². The minimum absolute atomic E-state index is 0.242. The lowest BCUT2D eigenvalue weighted by Gasteiger charge is -2.32. The van der Waals surface area contributed by atoms with E-state index in [1.165, 1.54) is 0 Å². The number of carboxylic acids is 1. The summed E-state index contributed by atoms with van der Waals surface area (Å²) >= 11 is 0. The number of nitrogens with zero attached hydrogens (tertiary/aromatic N) is 2. The second-order valence-corrected chi connectivity index (χ2v) is 9.20. The molecule has 37 heavy (non-hydrogen) atoms. The van der Waals surface area contributed by atoms with Gasteiger partial charge in [0.25, 0.3) is 0 Å². The third-order valence-corrected chi connectivity index (χ3v) is 6.67. The van der Waals surface area contributed by atoms with Crippen molar-refractivity contribution in [2.45, 2.75) is 26.1 Å². The standard InChI is InChI=1S/C31H30N2O4/c34-31(35)26-17-19-33(20-18-26)27-13-11-25(12-14-27)28-15-16-29(36-21-23-7-3-1-4-8-23)32-30(28)37-22-24-9-5-2-6-10-24/h1-16,26H,17-22H2,(H,34,35). The van der Waals surface area contributed by atoms with Gasteiger partial charge >= 0.3 is 5.97 Å². The number of carbonyl (C=O) groups is 1. The minimum Gasteiger partial charge on any atom is -0.481 e. The first kappa shape index (κ1) is 24.4. The van der Waals surface area contributed by atoms with E-state index in [0.717, 1.165) is 41.0 Å². The molecule has 188 valence electrons. The van der Waals surface area contributed by atoms with Gasteiger partial charge in [0.15, 0.2) is 0 Å². The Morgan fingerprint density at radius 1 is 0.784 bits per heavy atom. The summed E-state index contributed by atoms with van der Waals surface area (Å²) in [5.41, 5.74) is 5.11. The van der Waals surface area contributed by atoms with Crippen molar-refractivity contribution >= 4 is 11.7 Å². The number of aromatic nitrogens is 1. The molecule has 0 radical (unpaired) electrons. The van der Waals surface area contributed by atoms with Crippen LogP contribution in [-0.4, -0.2) is 29.1 Å². The van der Waals surface area contributed by atoms with Gasteiger partial charge in [-0.25, -0.2) is 0 Å². The van der Waals surface area contributed by atoms with Crippen LogP contribution in [0.2, 0.25) is 0 Å². The molecule has 1 fully saturated rings. The van der Waals surface area contributed by atoms with Gasteiger partial charge in [-0.2, -0.15) is 4.98 Å². The Morgan fingerprint density at radius 3 is 1.97 bits per heavy atom. The molecule has 0 saturated carbocycles. The molecule has 1 N–H and O–H groups in total. The summed E-state index contributed by atoms with van der Waals surface area (Å²) in [6.07, 6.45) is 1.34. The number of piperidine rings is 1. The van der Waals surface area contributed by atoms with Gasteiger partial charge in [-0.05, 0) is 47.7 Å². The van der Waals surface area contributed by atoms with Gasteiger partial charge < -0.3 is 19.5 Å². The monoisotopic (exact) mass is 494 g/mol. The molecule has 6 heteroatoms. The number of ether oxygens (including phenoxy) is 2. The van der Waals surface area contributed by atoms with Crippen LogP contribution in [0.4, 0.5) is 5.69 Å². The average Bonchev–Trinajstić information content (AvgIpc) is 2.96. The lowest BCUT2D eigenvalue weighted by Crippen LogP contribution is -2.36. The van der Waals surface area contributed by atoms with Crippen molar-refractivity contribution in [2.75, 3.05) is 18.0 Å². The molecule has 2 heterocycles. The summed E-state index contributed by atoms with van der Waals surface area (Å²) in [6, 6.07) is 32.2. The van der Waals surface area contributed by atoms with Crippen molar-refractivity contribution < 1.29 is 19.4 Å². The van der Waals surface area contributed by atoms with Gasteiger partial charge in [-0.1, -0.05) is 72.8 Å². The van der Waals surface area contributed by atoms with E-state index >= 15 is 0 Å². The summed E-state index contributed by atoms with van der Waals surface area (Å²) in [7, 11) is 0. The van der Waals surface area contributed by atoms with Gasteiger partial charge in [0.1, 0.15) is 13.2 Å². The van der Waals surface area contributed by atoms with Crippen LogP contribution in [0, 0.1) is 5.92 Å². The minimum atomic E-state index is -0.693. The van der Waals surface area contributed by atoms with Gasteiger partial charge in [0.2, 0.25) is 11.8 Å². The molecular weight excluding hydrogens is 464 g/mol. The molecule has 0 unspecified atom stereocenters. The van der Waals surface area contributed by atoms with Crippen molar-refractivity contribution in [3.8, 4) is 22.9 Å². The molecule has 0 spiro atoms. The maximum absolute atomic E-state index is 11.3. The van der Waals surface area contributed by atoms with Crippen molar-refractivity contribution in [2.24, 2.45) is 5.92 Å². The van der Waals surface area contributed by atoms with E-state index in [2.05, 4.69) is 29.2 Å². The third-order valence-electron chi connectivity index (χ3n) is 6.67. The van der Waals surface area contributed by atoms with Crippen LogP contribution in [0.15, 0.2) is 97.1 Å². The molecule has 5 rings (SSSR count). The molecule has 0 aliphatic carbocycles. The molecule has 1 saturated heterocycles. The first-order valence-electron chi connectivity index (χ1n) is 12.6. The fourth-order valence-electron chi connectivity index (χ4n) is 4.53. The summed E-state index contributed by atoms with van der Waals surface area (Å²) in [6.45, 7) is 2.33. The Kier molecular flexibility index (Phi) is 7.65. The van der Waals surface area contributed by atoms with Crippen molar-refractivity contribution in [1.29, 1.82) is 0 Å². The Labute approximate surface area is 217 Å². The Hall–Kier alpha value is -4.32. The number of hydrogen-bond acceptors (Lipinski definition) is 5. The average molecular weight is 495 g/mol. The highest BCUT2D eigenvalue weighted by Crippen LogP contribution is 2.33. The SMILES string of the molecule is O=C(O)C1CCN(c2ccc(-c3ccc(OCc4ccccc4)nc3OCc3ccccc3)cc2)CC1. The topological polar surface area (TPSA) is 71.9 Å². The Balaban J connectivity index is 1.34. The number of aliphatic carboxylic acids is 1. The number of anilines is 1. The van der Waals surface area contributed by atoms with E-state index < -0.39 is 5.97 Å². The van der Waals surface area contributed by atoms with Gasteiger partial charge in [0.05, 0.1) is 5.92 Å². The molecule has 0 atom stereocenters. The molecule has 1 aliphatic heterocycles. The molecular formula is C31H30N2O4. The van der Waals surface area contributed by atoms with E-state index in [1.54, 1.807) is 0 Å². The molecule has 1 aromatic heterocycles.